The molecule has 0 spiro atoms. The van der Waals surface area contributed by atoms with E-state index in [-0.39, 0.29) is 16.2 Å². The van der Waals surface area contributed by atoms with Crippen molar-refractivity contribution in [1.82, 2.24) is 5.32 Å². The predicted octanol–water partition coefficient (Wildman–Crippen LogP) is 2.38. The summed E-state index contributed by atoms with van der Waals surface area (Å²) >= 11 is 3.04. The smallest absolute Gasteiger partial charge is 0.252 e. The van der Waals surface area contributed by atoms with Crippen LogP contribution in [0.4, 0.5) is 4.39 Å². The number of amidine groups is 1. The molecule has 1 saturated carbocycles. The van der Waals surface area contributed by atoms with Crippen molar-refractivity contribution in [3.05, 3.63) is 34.1 Å². The van der Waals surface area contributed by atoms with Crippen LogP contribution in [0.2, 0.25) is 0 Å². The molecular formula is C13H15BrFN3O2. The molecule has 1 aliphatic carbocycles. The quantitative estimate of drug-likeness (QED) is 0.340. The normalized spacial score (nSPS) is 18.0. The zero-order valence-corrected chi connectivity index (χ0v) is 12.3. The second kappa shape index (κ2) is 5.78. The average molecular weight is 344 g/mol. The Hall–Kier alpha value is -1.63. The Morgan fingerprint density at radius 2 is 2.10 bits per heavy atom. The topological polar surface area (TPSA) is 87.7 Å². The molecule has 0 aromatic heterocycles. The molecule has 1 amide bonds. The van der Waals surface area contributed by atoms with Crippen molar-refractivity contribution in [1.29, 1.82) is 0 Å². The highest BCUT2D eigenvalue weighted by Gasteiger charge is 2.40. The predicted molar refractivity (Wildman–Crippen MR) is 76.2 cm³/mol. The molecule has 1 aromatic carbocycles. The molecule has 0 saturated heterocycles. The molecule has 20 heavy (non-hydrogen) atoms. The molecule has 0 aliphatic heterocycles. The number of nitrogens with one attached hydrogen (secondary N) is 1. The lowest BCUT2D eigenvalue weighted by molar-refractivity contribution is 0.0922. The second-order valence-electron chi connectivity index (χ2n) is 4.86. The largest absolute Gasteiger partial charge is 0.409 e. The molecule has 108 valence electrons. The van der Waals surface area contributed by atoms with Crippen LogP contribution in [0.15, 0.2) is 27.8 Å². The minimum Gasteiger partial charge on any atom is -0.409 e. The van der Waals surface area contributed by atoms with Gasteiger partial charge in [-0.1, -0.05) is 18.0 Å². The fourth-order valence-corrected chi connectivity index (χ4v) is 2.83. The molecule has 0 bridgehead atoms. The third-order valence-corrected chi connectivity index (χ3v) is 4.20. The monoisotopic (exact) mass is 343 g/mol. The first-order chi connectivity index (χ1) is 9.48. The van der Waals surface area contributed by atoms with Gasteiger partial charge in [0.25, 0.3) is 5.91 Å². The summed E-state index contributed by atoms with van der Waals surface area (Å²) in [4.78, 5) is 12.2. The minimum absolute atomic E-state index is 0.00419. The summed E-state index contributed by atoms with van der Waals surface area (Å²) in [5.74, 6) is -0.808. The summed E-state index contributed by atoms with van der Waals surface area (Å²) in [5.41, 5.74) is 5.21. The van der Waals surface area contributed by atoms with Crippen molar-refractivity contribution >= 4 is 27.7 Å². The van der Waals surface area contributed by atoms with Crippen LogP contribution in [0.5, 0.6) is 0 Å². The Morgan fingerprint density at radius 1 is 1.45 bits per heavy atom. The van der Waals surface area contributed by atoms with Crippen LogP contribution in [0.3, 0.4) is 0 Å². The first kappa shape index (κ1) is 14.8. The van der Waals surface area contributed by atoms with E-state index in [9.17, 15) is 9.18 Å². The van der Waals surface area contributed by atoms with Gasteiger partial charge < -0.3 is 16.3 Å². The van der Waals surface area contributed by atoms with Crippen LogP contribution in [0, 0.1) is 5.82 Å². The molecule has 1 aliphatic rings. The lowest BCUT2D eigenvalue weighted by Gasteiger charge is -2.28. The van der Waals surface area contributed by atoms with Crippen molar-refractivity contribution in [3.8, 4) is 0 Å². The first-order valence-electron chi connectivity index (χ1n) is 6.24. The van der Waals surface area contributed by atoms with Crippen LogP contribution >= 0.6 is 15.9 Å². The van der Waals surface area contributed by atoms with E-state index in [0.29, 0.717) is 18.4 Å². The van der Waals surface area contributed by atoms with Crippen LogP contribution in [0.25, 0.3) is 0 Å². The third kappa shape index (κ3) is 2.77. The maximum atomic E-state index is 13.2. The summed E-state index contributed by atoms with van der Waals surface area (Å²) in [7, 11) is 0. The molecule has 5 nitrogen and oxygen atoms in total. The Labute approximate surface area is 124 Å². The zero-order chi connectivity index (χ0) is 14.8. The number of rotatable bonds is 3. The highest BCUT2D eigenvalue weighted by atomic mass is 79.9. The molecule has 0 heterocycles. The van der Waals surface area contributed by atoms with Crippen LogP contribution in [-0.4, -0.2) is 22.5 Å². The van der Waals surface area contributed by atoms with Crippen molar-refractivity contribution in [2.75, 3.05) is 0 Å². The van der Waals surface area contributed by atoms with Crippen LogP contribution < -0.4 is 11.1 Å². The number of benzene rings is 1. The van der Waals surface area contributed by atoms with Gasteiger partial charge in [0.2, 0.25) is 0 Å². The van der Waals surface area contributed by atoms with Crippen molar-refractivity contribution < 1.29 is 14.4 Å². The molecule has 4 N–H and O–H groups in total. The maximum absolute atomic E-state index is 13.2. The fraction of sp³-hybridized carbons (Fsp3) is 0.385. The van der Waals surface area contributed by atoms with Gasteiger partial charge in [0.1, 0.15) is 11.4 Å². The number of carbonyl (C=O) groups is 1. The summed E-state index contributed by atoms with van der Waals surface area (Å²) in [6.45, 7) is 0. The average Bonchev–Trinajstić information content (AvgIpc) is 2.90. The van der Waals surface area contributed by atoms with E-state index < -0.39 is 11.4 Å². The Bertz CT molecular complexity index is 557. The Morgan fingerprint density at radius 3 is 2.65 bits per heavy atom. The zero-order valence-electron chi connectivity index (χ0n) is 10.7. The van der Waals surface area contributed by atoms with Gasteiger partial charge in [-0.2, -0.15) is 0 Å². The van der Waals surface area contributed by atoms with Crippen molar-refractivity contribution in [2.45, 2.75) is 31.2 Å². The van der Waals surface area contributed by atoms with Gasteiger partial charge in [-0.15, -0.1) is 0 Å². The molecule has 0 radical (unpaired) electrons. The number of amides is 1. The SMILES string of the molecule is N/C(=N/O)C1(NC(=O)c2ccc(F)c(Br)c2)CCCC1. The highest BCUT2D eigenvalue weighted by Crippen LogP contribution is 2.30. The number of halogens is 2. The third-order valence-electron chi connectivity index (χ3n) is 3.59. The fourth-order valence-electron chi connectivity index (χ4n) is 2.45. The highest BCUT2D eigenvalue weighted by molar-refractivity contribution is 9.10. The van der Waals surface area contributed by atoms with Crippen LogP contribution in [-0.2, 0) is 0 Å². The number of hydrogen-bond acceptors (Lipinski definition) is 3. The molecule has 2 rings (SSSR count). The molecule has 7 heteroatoms. The minimum atomic E-state index is -0.813. The van der Waals surface area contributed by atoms with Crippen molar-refractivity contribution in [3.63, 3.8) is 0 Å². The van der Waals surface area contributed by atoms with Gasteiger partial charge in [-0.25, -0.2) is 4.39 Å². The summed E-state index contributed by atoms with van der Waals surface area (Å²) in [6.07, 6.45) is 3.03. The van der Waals surface area contributed by atoms with E-state index in [2.05, 4.69) is 26.4 Å². The Balaban J connectivity index is 2.23. The summed E-state index contributed by atoms with van der Waals surface area (Å²) in [6, 6.07) is 4.01. The molecule has 1 aromatic rings. The lowest BCUT2D eigenvalue weighted by atomic mass is 9.95. The van der Waals surface area contributed by atoms with E-state index >= 15 is 0 Å². The number of nitrogens with zero attached hydrogens (tertiary/aromatic N) is 1. The molecule has 0 unspecified atom stereocenters. The Kier molecular flexibility index (Phi) is 4.27. The van der Waals surface area contributed by atoms with Crippen molar-refractivity contribution in [2.24, 2.45) is 10.9 Å². The molecular weight excluding hydrogens is 329 g/mol. The van der Waals surface area contributed by atoms with Gasteiger partial charge in [0, 0.05) is 5.56 Å². The lowest BCUT2D eigenvalue weighted by Crippen LogP contribution is -2.55. The maximum Gasteiger partial charge on any atom is 0.252 e. The summed E-state index contributed by atoms with van der Waals surface area (Å²) < 4.78 is 13.4. The number of nitrogens with two attached hydrogens (primary N) is 1. The van der Waals surface area contributed by atoms with Gasteiger partial charge in [-0.3, -0.25) is 4.79 Å². The van der Waals surface area contributed by atoms with E-state index in [0.717, 1.165) is 12.8 Å². The summed E-state index contributed by atoms with van der Waals surface area (Å²) in [5, 5.41) is 14.7. The van der Waals surface area contributed by atoms with Gasteiger partial charge in [-0.05, 0) is 47.0 Å². The van der Waals surface area contributed by atoms with Gasteiger partial charge in [0.15, 0.2) is 5.84 Å². The van der Waals surface area contributed by atoms with E-state index in [1.807, 2.05) is 0 Å². The number of carbonyl (C=O) groups excluding carboxylic acids is 1. The van der Waals surface area contributed by atoms with Gasteiger partial charge >= 0.3 is 0 Å². The number of hydrogen-bond donors (Lipinski definition) is 3. The van der Waals surface area contributed by atoms with E-state index in [4.69, 9.17) is 10.9 Å². The molecule has 1 fully saturated rings. The van der Waals surface area contributed by atoms with Gasteiger partial charge in [0.05, 0.1) is 4.47 Å². The first-order valence-corrected chi connectivity index (χ1v) is 7.03. The standard InChI is InChI=1S/C13H15BrFN3O2/c14-9-7-8(3-4-10(9)15)11(19)17-13(12(16)18-20)5-1-2-6-13/h3-4,7,20H,1-2,5-6H2,(H2,16,18)(H,17,19). The number of oxime groups is 1. The molecule has 0 atom stereocenters. The second-order valence-corrected chi connectivity index (χ2v) is 5.71. The van der Waals surface area contributed by atoms with E-state index in [1.54, 1.807) is 0 Å². The van der Waals surface area contributed by atoms with Crippen LogP contribution in [0.1, 0.15) is 36.0 Å². The van der Waals surface area contributed by atoms with E-state index in [1.165, 1.54) is 18.2 Å².